The van der Waals surface area contributed by atoms with Gasteiger partial charge in [0, 0.05) is 5.69 Å². The van der Waals surface area contributed by atoms with E-state index >= 15 is 0 Å². The minimum Gasteiger partial charge on any atom is -0.465 e. The fourth-order valence-electron chi connectivity index (χ4n) is 3.30. The van der Waals surface area contributed by atoms with Gasteiger partial charge in [0.1, 0.15) is 0 Å². The highest BCUT2D eigenvalue weighted by Crippen LogP contribution is 2.26. The molecule has 0 saturated carbocycles. The summed E-state index contributed by atoms with van der Waals surface area (Å²) in [6.45, 7) is 4.17. The monoisotopic (exact) mass is 438 g/mol. The van der Waals surface area contributed by atoms with Crippen molar-refractivity contribution < 1.29 is 9.53 Å². The first-order valence-electron chi connectivity index (χ1n) is 9.46. The van der Waals surface area contributed by atoms with Gasteiger partial charge in [-0.25, -0.2) is 4.79 Å². The highest BCUT2D eigenvalue weighted by atomic mass is 35.5. The number of hydrogen-bond acceptors (Lipinski definition) is 3. The Kier molecular flexibility index (Phi) is 7.08. The first-order valence-corrected chi connectivity index (χ1v) is 10.2. The van der Waals surface area contributed by atoms with Crippen LogP contribution in [0.4, 0.5) is 5.69 Å². The van der Waals surface area contributed by atoms with Crippen LogP contribution in [0.5, 0.6) is 0 Å². The number of esters is 1. The molecule has 6 heteroatoms. The van der Waals surface area contributed by atoms with Crippen LogP contribution in [0.15, 0.2) is 66.7 Å². The van der Waals surface area contributed by atoms with Gasteiger partial charge in [-0.05, 0) is 61.0 Å². The van der Waals surface area contributed by atoms with Crippen LogP contribution in [0.2, 0.25) is 5.02 Å². The van der Waals surface area contributed by atoms with E-state index in [1.54, 1.807) is 18.2 Å². The number of methoxy groups -OCH3 is 1. The van der Waals surface area contributed by atoms with Gasteiger partial charge in [-0.15, -0.1) is 0 Å². The smallest absolute Gasteiger partial charge is 0.339 e. The molecule has 0 saturated heterocycles. The summed E-state index contributed by atoms with van der Waals surface area (Å²) >= 11 is 11.7. The van der Waals surface area contributed by atoms with Crippen molar-refractivity contribution in [3.8, 4) is 0 Å². The van der Waals surface area contributed by atoms with E-state index in [-0.39, 0.29) is 11.6 Å². The lowest BCUT2D eigenvalue weighted by Gasteiger charge is -2.24. The molecule has 0 bridgehead atoms. The van der Waals surface area contributed by atoms with Crippen molar-refractivity contribution in [3.05, 3.63) is 99.6 Å². The molecule has 3 aromatic rings. The molecule has 4 nitrogen and oxygen atoms in total. The summed E-state index contributed by atoms with van der Waals surface area (Å²) in [7, 11) is 1.32. The number of aryl methyl sites for hydroxylation is 2. The van der Waals surface area contributed by atoms with E-state index in [0.717, 1.165) is 11.1 Å². The number of thiocarbonyl (C=S) groups is 1. The molecule has 0 aliphatic heterocycles. The Morgan fingerprint density at radius 1 is 1.03 bits per heavy atom. The summed E-state index contributed by atoms with van der Waals surface area (Å²) < 4.78 is 4.78. The third kappa shape index (κ3) is 5.17. The van der Waals surface area contributed by atoms with Gasteiger partial charge in [-0.1, -0.05) is 65.7 Å². The van der Waals surface area contributed by atoms with Gasteiger partial charge in [0.2, 0.25) is 0 Å². The first-order chi connectivity index (χ1) is 14.4. The lowest BCUT2D eigenvalue weighted by atomic mass is 9.94. The largest absolute Gasteiger partial charge is 0.465 e. The second-order valence-electron chi connectivity index (χ2n) is 6.99. The Balaban J connectivity index is 1.86. The van der Waals surface area contributed by atoms with Crippen LogP contribution in [-0.2, 0) is 4.74 Å². The van der Waals surface area contributed by atoms with Crippen molar-refractivity contribution in [1.82, 2.24) is 5.32 Å². The maximum atomic E-state index is 11.9. The summed E-state index contributed by atoms with van der Waals surface area (Å²) in [5.41, 5.74) is 5.55. The van der Waals surface area contributed by atoms with Crippen LogP contribution in [-0.4, -0.2) is 18.2 Å². The zero-order chi connectivity index (χ0) is 21.7. The van der Waals surface area contributed by atoms with Crippen molar-refractivity contribution in [3.63, 3.8) is 0 Å². The van der Waals surface area contributed by atoms with Gasteiger partial charge >= 0.3 is 5.97 Å². The zero-order valence-corrected chi connectivity index (χ0v) is 18.6. The van der Waals surface area contributed by atoms with E-state index in [1.807, 2.05) is 18.2 Å². The van der Waals surface area contributed by atoms with Gasteiger partial charge in [-0.2, -0.15) is 0 Å². The highest BCUT2D eigenvalue weighted by molar-refractivity contribution is 7.80. The van der Waals surface area contributed by atoms with Crippen LogP contribution in [0, 0.1) is 13.8 Å². The van der Waals surface area contributed by atoms with Gasteiger partial charge in [0.25, 0.3) is 0 Å². The summed E-state index contributed by atoms with van der Waals surface area (Å²) in [5.74, 6) is -0.500. The normalized spacial score (nSPS) is 11.5. The highest BCUT2D eigenvalue weighted by Gasteiger charge is 2.18. The quantitative estimate of drug-likeness (QED) is 0.388. The van der Waals surface area contributed by atoms with E-state index < -0.39 is 5.97 Å². The van der Waals surface area contributed by atoms with Crippen LogP contribution in [0.3, 0.4) is 0 Å². The van der Waals surface area contributed by atoms with Gasteiger partial charge in [0.05, 0.1) is 23.7 Å². The molecular formula is C24H23ClN2O2S. The Morgan fingerprint density at radius 2 is 1.77 bits per heavy atom. The average Bonchev–Trinajstić information content (AvgIpc) is 2.74. The molecule has 3 rings (SSSR count). The van der Waals surface area contributed by atoms with Crippen molar-refractivity contribution in [2.75, 3.05) is 12.4 Å². The Labute approximate surface area is 187 Å². The fraction of sp³-hybridized carbons (Fsp3) is 0.167. The van der Waals surface area contributed by atoms with E-state index in [9.17, 15) is 4.79 Å². The van der Waals surface area contributed by atoms with Gasteiger partial charge in [-0.3, -0.25) is 0 Å². The van der Waals surface area contributed by atoms with Gasteiger partial charge in [0.15, 0.2) is 5.11 Å². The van der Waals surface area contributed by atoms with E-state index in [4.69, 9.17) is 28.6 Å². The maximum Gasteiger partial charge on any atom is 0.339 e. The molecule has 2 N–H and O–H groups in total. The Morgan fingerprint density at radius 3 is 2.43 bits per heavy atom. The molecule has 0 aliphatic rings. The molecule has 0 heterocycles. The number of hydrogen-bond donors (Lipinski definition) is 2. The lowest BCUT2D eigenvalue weighted by Crippen LogP contribution is -2.33. The van der Waals surface area contributed by atoms with Crippen molar-refractivity contribution in [2.45, 2.75) is 19.9 Å². The minimum atomic E-state index is -0.500. The number of anilines is 1. The molecule has 30 heavy (non-hydrogen) atoms. The summed E-state index contributed by atoms with van der Waals surface area (Å²) in [5, 5.41) is 7.31. The second kappa shape index (κ2) is 9.74. The summed E-state index contributed by atoms with van der Waals surface area (Å²) in [4.78, 5) is 11.9. The topological polar surface area (TPSA) is 50.4 Å². The first kappa shape index (κ1) is 21.8. The van der Waals surface area contributed by atoms with Crippen molar-refractivity contribution >= 4 is 40.6 Å². The predicted molar refractivity (Wildman–Crippen MR) is 126 cm³/mol. The molecule has 1 unspecified atom stereocenters. The van der Waals surface area contributed by atoms with Crippen LogP contribution in [0.1, 0.15) is 38.7 Å². The molecule has 0 amide bonds. The van der Waals surface area contributed by atoms with E-state index in [2.05, 4.69) is 54.8 Å². The van der Waals surface area contributed by atoms with Crippen molar-refractivity contribution in [1.29, 1.82) is 0 Å². The molecule has 0 spiro atoms. The average molecular weight is 439 g/mol. The van der Waals surface area contributed by atoms with Crippen LogP contribution < -0.4 is 10.6 Å². The molecule has 0 aromatic heterocycles. The maximum absolute atomic E-state index is 11.9. The predicted octanol–water partition coefficient (Wildman–Crippen LogP) is 5.82. The molecule has 0 aliphatic carbocycles. The number of halogens is 1. The summed E-state index contributed by atoms with van der Waals surface area (Å²) in [6, 6.07) is 21.4. The lowest BCUT2D eigenvalue weighted by molar-refractivity contribution is 0.0601. The minimum absolute atomic E-state index is 0.126. The number of nitrogens with one attached hydrogen (secondary N) is 2. The second-order valence-corrected chi connectivity index (χ2v) is 7.80. The number of carbonyl (C=O) groups excluding carboxylic acids is 1. The molecule has 154 valence electrons. The number of carbonyl (C=O) groups is 1. The van der Waals surface area contributed by atoms with E-state index in [0.29, 0.717) is 15.8 Å². The van der Waals surface area contributed by atoms with Crippen LogP contribution >= 0.6 is 23.8 Å². The number of benzene rings is 3. The number of ether oxygens (including phenoxy) is 1. The third-order valence-corrected chi connectivity index (χ3v) is 5.32. The van der Waals surface area contributed by atoms with Crippen LogP contribution in [0.25, 0.3) is 0 Å². The SMILES string of the molecule is COC(=O)c1cc(NC(=S)NC(c2ccccc2)c2ccc(C)cc2C)ccc1Cl. The number of rotatable bonds is 5. The van der Waals surface area contributed by atoms with Crippen molar-refractivity contribution in [2.24, 2.45) is 0 Å². The standard InChI is InChI=1S/C24H23ClN2O2S/c1-15-9-11-19(16(2)13-15)22(17-7-5-4-6-8-17)27-24(30)26-18-10-12-21(25)20(14-18)23(28)29-3/h4-14,22H,1-3H3,(H2,26,27,30). The molecule has 0 fully saturated rings. The Bertz CT molecular complexity index is 1070. The molecular weight excluding hydrogens is 416 g/mol. The zero-order valence-electron chi connectivity index (χ0n) is 17.0. The van der Waals surface area contributed by atoms with E-state index in [1.165, 1.54) is 18.2 Å². The molecule has 1 atom stereocenters. The fourth-order valence-corrected chi connectivity index (χ4v) is 3.73. The van der Waals surface area contributed by atoms with Gasteiger partial charge < -0.3 is 15.4 Å². The molecule has 3 aromatic carbocycles. The third-order valence-electron chi connectivity index (χ3n) is 4.77. The molecule has 0 radical (unpaired) electrons. The Hall–Kier alpha value is -2.89. The summed E-state index contributed by atoms with van der Waals surface area (Å²) in [6.07, 6.45) is 0.